The summed E-state index contributed by atoms with van der Waals surface area (Å²) in [4.78, 5) is 14.0. The van der Waals surface area contributed by atoms with E-state index in [1.807, 2.05) is 0 Å². The molecule has 1 saturated heterocycles. The lowest BCUT2D eigenvalue weighted by Gasteiger charge is -2.37. The maximum atomic E-state index is 11.6. The van der Waals surface area contributed by atoms with Gasteiger partial charge in [0.05, 0.1) is 0 Å². The van der Waals surface area contributed by atoms with Gasteiger partial charge in [-0.3, -0.25) is 4.79 Å². The Kier molecular flexibility index (Phi) is 2.48. The lowest BCUT2D eigenvalue weighted by atomic mass is 9.76. The quantitative estimate of drug-likeness (QED) is 0.667. The molecular weight excluding hydrogens is 174 g/mol. The second kappa shape index (κ2) is 3.50. The summed E-state index contributed by atoms with van der Waals surface area (Å²) in [7, 11) is 0. The van der Waals surface area contributed by atoms with E-state index in [0.717, 1.165) is 13.0 Å². The summed E-state index contributed by atoms with van der Waals surface area (Å²) in [5, 5.41) is 0. The molecule has 0 aromatic heterocycles. The van der Waals surface area contributed by atoms with Gasteiger partial charge in [0.1, 0.15) is 0 Å². The third kappa shape index (κ3) is 2.06. The van der Waals surface area contributed by atoms with Crippen LogP contribution in [0.5, 0.6) is 0 Å². The predicted molar refractivity (Wildman–Crippen MR) is 57.1 cm³/mol. The molecule has 14 heavy (non-hydrogen) atoms. The molecule has 0 amide bonds. The average molecular weight is 193 g/mol. The molecule has 0 bridgehead atoms. The molecule has 2 aliphatic rings. The van der Waals surface area contributed by atoms with Crippen molar-refractivity contribution in [2.75, 3.05) is 19.6 Å². The second-order valence-electron chi connectivity index (χ2n) is 5.28. The van der Waals surface area contributed by atoms with E-state index in [-0.39, 0.29) is 11.3 Å². The van der Waals surface area contributed by atoms with Crippen LogP contribution in [0.1, 0.15) is 26.7 Å². The molecule has 1 aliphatic heterocycles. The summed E-state index contributed by atoms with van der Waals surface area (Å²) in [6, 6.07) is 0. The largest absolute Gasteiger partial charge is 0.303 e. The van der Waals surface area contributed by atoms with E-state index in [1.54, 1.807) is 6.08 Å². The fraction of sp³-hybridized carbons (Fsp3) is 0.750. The molecule has 1 unspecified atom stereocenters. The number of carbonyl (C=O) groups excluding carboxylic acids is 1. The number of rotatable bonds is 2. The predicted octanol–water partition coefficient (Wildman–Crippen LogP) is 1.86. The Morgan fingerprint density at radius 3 is 2.79 bits per heavy atom. The minimum absolute atomic E-state index is 0.212. The molecule has 2 nitrogen and oxygen atoms in total. The van der Waals surface area contributed by atoms with E-state index in [1.165, 1.54) is 19.5 Å². The van der Waals surface area contributed by atoms with E-state index in [4.69, 9.17) is 0 Å². The molecule has 2 heteroatoms. The average Bonchev–Trinajstić information content (AvgIpc) is 2.03. The van der Waals surface area contributed by atoms with Gasteiger partial charge in [-0.05, 0) is 37.4 Å². The SMILES string of the molecule is CC1(C)C=CC(=O)C(CN2CCC2)C1. The van der Waals surface area contributed by atoms with Gasteiger partial charge in [-0.2, -0.15) is 0 Å². The van der Waals surface area contributed by atoms with Gasteiger partial charge in [0.25, 0.3) is 0 Å². The van der Waals surface area contributed by atoms with Crippen LogP contribution in [0.15, 0.2) is 12.2 Å². The summed E-state index contributed by atoms with van der Waals surface area (Å²) in [5.74, 6) is 0.575. The monoisotopic (exact) mass is 193 g/mol. The van der Waals surface area contributed by atoms with Crippen molar-refractivity contribution in [1.29, 1.82) is 0 Å². The first-order chi connectivity index (χ1) is 6.57. The number of hydrogen-bond acceptors (Lipinski definition) is 2. The van der Waals surface area contributed by atoms with Crippen LogP contribution in [0, 0.1) is 11.3 Å². The first-order valence-electron chi connectivity index (χ1n) is 5.52. The number of likely N-dealkylation sites (tertiary alicyclic amines) is 1. The first-order valence-corrected chi connectivity index (χ1v) is 5.52. The van der Waals surface area contributed by atoms with Crippen molar-refractivity contribution >= 4 is 5.78 Å². The van der Waals surface area contributed by atoms with E-state index >= 15 is 0 Å². The smallest absolute Gasteiger partial charge is 0.159 e. The Labute approximate surface area is 86.0 Å². The molecule has 0 radical (unpaired) electrons. The summed E-state index contributed by atoms with van der Waals surface area (Å²) in [5.41, 5.74) is 0.212. The molecule has 0 saturated carbocycles. The highest BCUT2D eigenvalue weighted by Gasteiger charge is 2.31. The standard InChI is InChI=1S/C12H19NO/c1-12(2)5-4-11(14)10(8-12)9-13-6-3-7-13/h4-5,10H,3,6-9H2,1-2H3. The normalized spacial score (nSPS) is 31.6. The fourth-order valence-corrected chi connectivity index (χ4v) is 2.28. The lowest BCUT2D eigenvalue weighted by Crippen LogP contribution is -2.43. The lowest BCUT2D eigenvalue weighted by molar-refractivity contribution is -0.120. The number of nitrogens with zero attached hydrogens (tertiary/aromatic N) is 1. The van der Waals surface area contributed by atoms with Gasteiger partial charge in [0.2, 0.25) is 0 Å². The van der Waals surface area contributed by atoms with Gasteiger partial charge in [-0.25, -0.2) is 0 Å². The van der Waals surface area contributed by atoms with Crippen LogP contribution >= 0.6 is 0 Å². The van der Waals surface area contributed by atoms with E-state index in [9.17, 15) is 4.79 Å². The maximum Gasteiger partial charge on any atom is 0.159 e. The van der Waals surface area contributed by atoms with Gasteiger partial charge >= 0.3 is 0 Å². The zero-order valence-electron chi connectivity index (χ0n) is 9.12. The van der Waals surface area contributed by atoms with Gasteiger partial charge in [-0.15, -0.1) is 0 Å². The number of hydrogen-bond donors (Lipinski definition) is 0. The van der Waals surface area contributed by atoms with Crippen molar-refractivity contribution in [3.05, 3.63) is 12.2 Å². The van der Waals surface area contributed by atoms with Crippen LogP contribution in [-0.2, 0) is 4.79 Å². The first kappa shape index (κ1) is 9.91. The highest BCUT2D eigenvalue weighted by atomic mass is 16.1. The van der Waals surface area contributed by atoms with Crippen molar-refractivity contribution in [3.63, 3.8) is 0 Å². The Hall–Kier alpha value is -0.630. The molecular formula is C12H19NO. The molecule has 1 fully saturated rings. The maximum absolute atomic E-state index is 11.6. The van der Waals surface area contributed by atoms with E-state index in [0.29, 0.717) is 5.78 Å². The summed E-state index contributed by atoms with van der Waals surface area (Å²) in [6.07, 6.45) is 6.16. The van der Waals surface area contributed by atoms with Crippen LogP contribution in [0.25, 0.3) is 0 Å². The highest BCUT2D eigenvalue weighted by Crippen LogP contribution is 2.32. The minimum atomic E-state index is 0.212. The Morgan fingerprint density at radius 1 is 1.50 bits per heavy atom. The summed E-state index contributed by atoms with van der Waals surface area (Å²) >= 11 is 0. The third-order valence-corrected chi connectivity index (χ3v) is 3.30. The molecule has 0 aromatic rings. The molecule has 0 N–H and O–H groups in total. The molecule has 1 atom stereocenters. The van der Waals surface area contributed by atoms with Crippen LogP contribution in [0.2, 0.25) is 0 Å². The number of carbonyl (C=O) groups is 1. The van der Waals surface area contributed by atoms with Crippen molar-refractivity contribution in [2.24, 2.45) is 11.3 Å². The summed E-state index contributed by atoms with van der Waals surface area (Å²) < 4.78 is 0. The molecule has 0 spiro atoms. The van der Waals surface area contributed by atoms with Crippen LogP contribution < -0.4 is 0 Å². The topological polar surface area (TPSA) is 20.3 Å². The molecule has 1 aliphatic carbocycles. The van der Waals surface area contributed by atoms with Crippen molar-refractivity contribution in [2.45, 2.75) is 26.7 Å². The zero-order chi connectivity index (χ0) is 10.2. The zero-order valence-corrected chi connectivity index (χ0v) is 9.12. The Morgan fingerprint density at radius 2 is 2.21 bits per heavy atom. The minimum Gasteiger partial charge on any atom is -0.303 e. The van der Waals surface area contributed by atoms with Crippen LogP contribution in [0.4, 0.5) is 0 Å². The van der Waals surface area contributed by atoms with E-state index in [2.05, 4.69) is 24.8 Å². The Bertz CT molecular complexity index is 263. The highest BCUT2D eigenvalue weighted by molar-refractivity contribution is 5.92. The second-order valence-corrected chi connectivity index (χ2v) is 5.28. The molecule has 78 valence electrons. The van der Waals surface area contributed by atoms with E-state index < -0.39 is 0 Å². The third-order valence-electron chi connectivity index (χ3n) is 3.30. The molecule has 2 rings (SSSR count). The number of ketones is 1. The number of allylic oxidation sites excluding steroid dienone is 2. The van der Waals surface area contributed by atoms with Gasteiger partial charge in [0.15, 0.2) is 5.78 Å². The Balaban J connectivity index is 1.97. The fourth-order valence-electron chi connectivity index (χ4n) is 2.28. The van der Waals surface area contributed by atoms with Crippen LogP contribution in [-0.4, -0.2) is 30.3 Å². The van der Waals surface area contributed by atoms with Crippen molar-refractivity contribution in [3.8, 4) is 0 Å². The van der Waals surface area contributed by atoms with Gasteiger partial charge in [0, 0.05) is 12.5 Å². The summed E-state index contributed by atoms with van der Waals surface area (Å²) in [6.45, 7) is 7.77. The van der Waals surface area contributed by atoms with Gasteiger partial charge < -0.3 is 4.90 Å². The van der Waals surface area contributed by atoms with Crippen molar-refractivity contribution < 1.29 is 4.79 Å². The van der Waals surface area contributed by atoms with Crippen molar-refractivity contribution in [1.82, 2.24) is 4.90 Å². The molecule has 1 heterocycles. The van der Waals surface area contributed by atoms with Crippen LogP contribution in [0.3, 0.4) is 0 Å². The van der Waals surface area contributed by atoms with Gasteiger partial charge in [-0.1, -0.05) is 19.9 Å². The molecule has 0 aromatic carbocycles.